The van der Waals surface area contributed by atoms with Gasteiger partial charge in [0.2, 0.25) is 11.7 Å². The molecular formula is C17H23ClN4O3. The number of aryl methyl sites for hydroxylation is 1. The van der Waals surface area contributed by atoms with Crippen molar-refractivity contribution in [3.8, 4) is 5.75 Å². The van der Waals surface area contributed by atoms with Gasteiger partial charge < -0.3 is 20.3 Å². The Morgan fingerprint density at radius 2 is 2.04 bits per heavy atom. The summed E-state index contributed by atoms with van der Waals surface area (Å²) in [5.41, 5.74) is 6.41. The molecule has 0 atom stereocenters. The highest BCUT2D eigenvalue weighted by Crippen LogP contribution is 2.21. The number of nitrogens with two attached hydrogens (primary N) is 1. The topological polar surface area (TPSA) is 103 Å². The zero-order valence-electron chi connectivity index (χ0n) is 14.1. The molecule has 0 radical (unpaired) electrons. The summed E-state index contributed by atoms with van der Waals surface area (Å²) >= 11 is 0. The summed E-state index contributed by atoms with van der Waals surface area (Å²) in [7, 11) is 0. The number of hydrogen-bond donors (Lipinski definition) is 2. The molecule has 2 aromatic rings. The number of carbonyl (C=O) groups excluding carboxylic acids is 1. The number of amides is 1. The Bertz CT molecular complexity index is 699. The fourth-order valence-electron chi connectivity index (χ4n) is 2.85. The Kier molecular flexibility index (Phi) is 6.78. The second-order valence-electron chi connectivity index (χ2n) is 6.10. The Morgan fingerprint density at radius 3 is 2.72 bits per heavy atom. The number of rotatable bonds is 5. The molecule has 3 N–H and O–H groups in total. The van der Waals surface area contributed by atoms with Crippen molar-refractivity contribution in [1.82, 2.24) is 15.5 Å². The Morgan fingerprint density at radius 1 is 1.32 bits per heavy atom. The number of benzene rings is 1. The van der Waals surface area contributed by atoms with Crippen molar-refractivity contribution in [3.05, 3.63) is 41.5 Å². The minimum Gasteiger partial charge on any atom is -0.485 e. The fraction of sp³-hybridized carbons (Fsp3) is 0.471. The quantitative estimate of drug-likeness (QED) is 0.842. The zero-order valence-corrected chi connectivity index (χ0v) is 14.9. The van der Waals surface area contributed by atoms with Gasteiger partial charge in [-0.1, -0.05) is 17.3 Å². The lowest BCUT2D eigenvalue weighted by Gasteiger charge is -2.27. The van der Waals surface area contributed by atoms with Crippen LogP contribution in [0.1, 0.15) is 47.8 Å². The van der Waals surface area contributed by atoms with Crippen molar-refractivity contribution >= 4 is 18.3 Å². The molecule has 1 heterocycles. The van der Waals surface area contributed by atoms with Gasteiger partial charge in [0.1, 0.15) is 5.75 Å². The Labute approximate surface area is 152 Å². The van der Waals surface area contributed by atoms with Crippen LogP contribution in [0.2, 0.25) is 0 Å². The first-order valence-electron chi connectivity index (χ1n) is 8.19. The van der Waals surface area contributed by atoms with Crippen LogP contribution in [0.3, 0.4) is 0 Å². The van der Waals surface area contributed by atoms with E-state index in [0.717, 1.165) is 25.7 Å². The van der Waals surface area contributed by atoms with E-state index >= 15 is 0 Å². The van der Waals surface area contributed by atoms with Crippen molar-refractivity contribution in [2.24, 2.45) is 5.73 Å². The molecule has 1 aliphatic rings. The van der Waals surface area contributed by atoms with Gasteiger partial charge >= 0.3 is 0 Å². The number of para-hydroxylation sites is 1. The zero-order chi connectivity index (χ0) is 16.9. The van der Waals surface area contributed by atoms with E-state index in [4.69, 9.17) is 15.0 Å². The summed E-state index contributed by atoms with van der Waals surface area (Å²) in [4.78, 5) is 16.6. The maximum atomic E-state index is 12.6. The predicted octanol–water partition coefficient (Wildman–Crippen LogP) is 2.38. The molecule has 0 unspecified atom stereocenters. The van der Waals surface area contributed by atoms with Crippen LogP contribution in [-0.2, 0) is 6.61 Å². The molecule has 0 spiro atoms. The van der Waals surface area contributed by atoms with Crippen molar-refractivity contribution in [2.75, 3.05) is 0 Å². The molecule has 1 aromatic heterocycles. The standard InChI is InChI=1S/C17H22N4O3.ClH/c1-11-19-16(21-24-11)10-23-15-5-3-2-4-14(15)17(22)20-13-8-6-12(18)7-9-13;/h2-5,12-13H,6-10,18H2,1H3,(H,20,22);1H. The first-order valence-corrected chi connectivity index (χ1v) is 8.19. The summed E-state index contributed by atoms with van der Waals surface area (Å²) < 4.78 is 10.6. The van der Waals surface area contributed by atoms with Gasteiger partial charge in [0.05, 0.1) is 5.56 Å². The third-order valence-corrected chi connectivity index (χ3v) is 4.17. The van der Waals surface area contributed by atoms with Crippen molar-refractivity contribution < 1.29 is 14.1 Å². The lowest BCUT2D eigenvalue weighted by Crippen LogP contribution is -2.40. The van der Waals surface area contributed by atoms with Crippen molar-refractivity contribution in [3.63, 3.8) is 0 Å². The van der Waals surface area contributed by atoms with Crippen LogP contribution in [0.25, 0.3) is 0 Å². The number of carbonyl (C=O) groups is 1. The number of aromatic nitrogens is 2. The van der Waals surface area contributed by atoms with Crippen LogP contribution in [0, 0.1) is 6.92 Å². The molecule has 1 fully saturated rings. The van der Waals surface area contributed by atoms with E-state index in [1.54, 1.807) is 19.1 Å². The average Bonchev–Trinajstić information content (AvgIpc) is 3.01. The monoisotopic (exact) mass is 366 g/mol. The molecule has 7 nitrogen and oxygen atoms in total. The van der Waals surface area contributed by atoms with Gasteiger partial charge in [-0.15, -0.1) is 12.4 Å². The molecule has 1 aromatic carbocycles. The first kappa shape index (κ1) is 19.2. The molecule has 25 heavy (non-hydrogen) atoms. The third-order valence-electron chi connectivity index (χ3n) is 4.17. The maximum Gasteiger partial charge on any atom is 0.255 e. The average molecular weight is 367 g/mol. The van der Waals surface area contributed by atoms with Gasteiger partial charge in [-0.05, 0) is 37.8 Å². The normalized spacial score (nSPS) is 19.8. The fourth-order valence-corrected chi connectivity index (χ4v) is 2.85. The minimum absolute atomic E-state index is 0. The molecule has 3 rings (SSSR count). The highest BCUT2D eigenvalue weighted by Gasteiger charge is 2.22. The molecule has 1 aliphatic carbocycles. The lowest BCUT2D eigenvalue weighted by atomic mass is 9.91. The summed E-state index contributed by atoms with van der Waals surface area (Å²) in [5, 5.41) is 6.86. The van der Waals surface area contributed by atoms with Gasteiger partial charge in [-0.25, -0.2) is 0 Å². The van der Waals surface area contributed by atoms with Crippen molar-refractivity contribution in [2.45, 2.75) is 51.3 Å². The molecule has 8 heteroatoms. The van der Waals surface area contributed by atoms with Gasteiger partial charge in [-0.3, -0.25) is 4.79 Å². The SMILES string of the molecule is Cc1nc(COc2ccccc2C(=O)NC2CCC(N)CC2)no1.Cl. The number of halogens is 1. The van der Waals surface area contributed by atoms with E-state index < -0.39 is 0 Å². The Hall–Kier alpha value is -2.12. The van der Waals surface area contributed by atoms with E-state index in [1.165, 1.54) is 0 Å². The van der Waals surface area contributed by atoms with Gasteiger partial charge in [0.25, 0.3) is 5.91 Å². The first-order chi connectivity index (χ1) is 11.6. The van der Waals surface area contributed by atoms with E-state index in [1.807, 2.05) is 12.1 Å². The van der Waals surface area contributed by atoms with Crippen LogP contribution in [-0.4, -0.2) is 28.1 Å². The summed E-state index contributed by atoms with van der Waals surface area (Å²) in [6.07, 6.45) is 3.72. The minimum atomic E-state index is -0.129. The summed E-state index contributed by atoms with van der Waals surface area (Å²) in [6, 6.07) is 7.58. The molecular weight excluding hydrogens is 344 g/mol. The smallest absolute Gasteiger partial charge is 0.255 e. The van der Waals surface area contributed by atoms with Crippen LogP contribution >= 0.6 is 12.4 Å². The number of ether oxygens (including phenoxy) is 1. The molecule has 1 amide bonds. The second kappa shape index (κ2) is 8.82. The van der Waals surface area contributed by atoms with Gasteiger partial charge in [0.15, 0.2) is 6.61 Å². The number of nitrogens with one attached hydrogen (secondary N) is 1. The summed E-state index contributed by atoms with van der Waals surface area (Å²) in [6.45, 7) is 1.87. The molecule has 0 saturated heterocycles. The predicted molar refractivity (Wildman–Crippen MR) is 94.8 cm³/mol. The highest BCUT2D eigenvalue weighted by molar-refractivity contribution is 5.97. The van der Waals surface area contributed by atoms with E-state index in [2.05, 4.69) is 15.5 Å². The lowest BCUT2D eigenvalue weighted by molar-refractivity contribution is 0.0921. The van der Waals surface area contributed by atoms with E-state index in [-0.39, 0.29) is 37.0 Å². The van der Waals surface area contributed by atoms with Gasteiger partial charge in [0, 0.05) is 19.0 Å². The molecule has 0 bridgehead atoms. The van der Waals surface area contributed by atoms with Crippen LogP contribution < -0.4 is 15.8 Å². The van der Waals surface area contributed by atoms with Crippen LogP contribution in [0.5, 0.6) is 5.75 Å². The maximum absolute atomic E-state index is 12.6. The van der Waals surface area contributed by atoms with Crippen LogP contribution in [0.15, 0.2) is 28.8 Å². The molecule has 136 valence electrons. The Balaban J connectivity index is 0.00000225. The number of nitrogens with zero attached hydrogens (tertiary/aromatic N) is 2. The van der Waals surface area contributed by atoms with E-state index in [0.29, 0.717) is 23.0 Å². The van der Waals surface area contributed by atoms with Crippen LogP contribution in [0.4, 0.5) is 0 Å². The third kappa shape index (κ3) is 5.17. The van der Waals surface area contributed by atoms with Gasteiger partial charge in [-0.2, -0.15) is 4.98 Å². The second-order valence-corrected chi connectivity index (χ2v) is 6.10. The summed E-state index contributed by atoms with van der Waals surface area (Å²) in [5.74, 6) is 1.31. The van der Waals surface area contributed by atoms with E-state index in [9.17, 15) is 4.79 Å². The number of hydrogen-bond acceptors (Lipinski definition) is 6. The largest absolute Gasteiger partial charge is 0.485 e. The molecule has 0 aliphatic heterocycles. The molecule has 1 saturated carbocycles. The highest BCUT2D eigenvalue weighted by atomic mass is 35.5. The van der Waals surface area contributed by atoms with Crippen molar-refractivity contribution in [1.29, 1.82) is 0 Å².